The summed E-state index contributed by atoms with van der Waals surface area (Å²) in [7, 11) is -2.04. The van der Waals surface area contributed by atoms with Gasteiger partial charge in [0.15, 0.2) is 0 Å². The molecule has 0 spiro atoms. The van der Waals surface area contributed by atoms with Crippen molar-refractivity contribution in [2.45, 2.75) is 31.7 Å². The van der Waals surface area contributed by atoms with E-state index in [1.807, 2.05) is 38.3 Å². The summed E-state index contributed by atoms with van der Waals surface area (Å²) in [6.07, 6.45) is 0. The molecule has 2 aromatic rings. The number of amides is 1. The Bertz CT molecular complexity index is 795. The van der Waals surface area contributed by atoms with Gasteiger partial charge in [-0.2, -0.15) is 4.31 Å². The Hall–Kier alpha value is -1.70. The number of benzene rings is 1. The standard InChI is InChI=1S/C18H24N2O3S2/c1-5-20(6-2)18(21)15-9-11-16(12-10-15)25(22,23)19(4)14(3)17-8-7-13-24-17/h7-14H,5-6H2,1-4H3. The van der Waals surface area contributed by atoms with Crippen LogP contribution in [0, 0.1) is 0 Å². The van der Waals surface area contributed by atoms with E-state index in [0.29, 0.717) is 18.7 Å². The maximum absolute atomic E-state index is 12.8. The molecule has 1 unspecified atom stereocenters. The Balaban J connectivity index is 2.24. The summed E-state index contributed by atoms with van der Waals surface area (Å²) in [6, 6.07) is 9.75. The van der Waals surface area contributed by atoms with Crippen molar-refractivity contribution in [1.29, 1.82) is 0 Å². The molecule has 1 atom stereocenters. The van der Waals surface area contributed by atoms with Gasteiger partial charge in [-0.3, -0.25) is 4.79 Å². The number of carbonyl (C=O) groups is 1. The first-order valence-corrected chi connectivity index (χ1v) is 10.6. The Morgan fingerprint density at radius 2 is 1.72 bits per heavy atom. The molecule has 0 aliphatic carbocycles. The van der Waals surface area contributed by atoms with Crippen molar-refractivity contribution in [3.63, 3.8) is 0 Å². The van der Waals surface area contributed by atoms with Crippen molar-refractivity contribution in [2.75, 3.05) is 20.1 Å². The first-order valence-electron chi connectivity index (χ1n) is 8.23. The van der Waals surface area contributed by atoms with E-state index in [9.17, 15) is 13.2 Å². The van der Waals surface area contributed by atoms with Gasteiger partial charge in [0, 0.05) is 30.6 Å². The van der Waals surface area contributed by atoms with Gasteiger partial charge in [-0.05, 0) is 56.5 Å². The van der Waals surface area contributed by atoms with Crippen LogP contribution in [0.5, 0.6) is 0 Å². The number of rotatable bonds is 7. The smallest absolute Gasteiger partial charge is 0.253 e. The van der Waals surface area contributed by atoms with Crippen LogP contribution >= 0.6 is 11.3 Å². The highest BCUT2D eigenvalue weighted by Gasteiger charge is 2.27. The summed E-state index contributed by atoms with van der Waals surface area (Å²) in [4.78, 5) is 15.2. The minimum Gasteiger partial charge on any atom is -0.339 e. The fourth-order valence-electron chi connectivity index (χ4n) is 2.55. The summed E-state index contributed by atoms with van der Waals surface area (Å²) in [6.45, 7) is 6.94. The summed E-state index contributed by atoms with van der Waals surface area (Å²) in [5.74, 6) is -0.0887. The highest BCUT2D eigenvalue weighted by Crippen LogP contribution is 2.28. The molecule has 0 radical (unpaired) electrons. The summed E-state index contributed by atoms with van der Waals surface area (Å²) in [5.41, 5.74) is 0.497. The van der Waals surface area contributed by atoms with Gasteiger partial charge in [-0.1, -0.05) is 6.07 Å². The summed E-state index contributed by atoms with van der Waals surface area (Å²) in [5, 5.41) is 1.93. The van der Waals surface area contributed by atoms with Gasteiger partial charge in [0.25, 0.3) is 5.91 Å². The third-order valence-corrected chi connectivity index (χ3v) is 7.31. The fourth-order valence-corrected chi connectivity index (χ4v) is 4.78. The normalized spacial score (nSPS) is 13.0. The molecule has 136 valence electrons. The fraction of sp³-hybridized carbons (Fsp3) is 0.389. The van der Waals surface area contributed by atoms with Crippen LogP contribution in [0.1, 0.15) is 42.0 Å². The molecule has 5 nitrogen and oxygen atoms in total. The van der Waals surface area contributed by atoms with Crippen LogP contribution in [0.2, 0.25) is 0 Å². The molecule has 1 aromatic carbocycles. The quantitative estimate of drug-likeness (QED) is 0.737. The molecule has 1 heterocycles. The second-order valence-electron chi connectivity index (χ2n) is 5.71. The molecule has 1 amide bonds. The first kappa shape index (κ1) is 19.6. The third-order valence-electron chi connectivity index (χ3n) is 4.33. The number of thiophene rings is 1. The highest BCUT2D eigenvalue weighted by molar-refractivity contribution is 7.89. The largest absolute Gasteiger partial charge is 0.339 e. The molecule has 0 saturated heterocycles. The van der Waals surface area contributed by atoms with E-state index in [1.54, 1.807) is 24.1 Å². The van der Waals surface area contributed by atoms with Gasteiger partial charge >= 0.3 is 0 Å². The van der Waals surface area contributed by atoms with Gasteiger partial charge < -0.3 is 4.90 Å². The van der Waals surface area contributed by atoms with Crippen molar-refractivity contribution in [3.8, 4) is 0 Å². The predicted molar refractivity (Wildman–Crippen MR) is 101 cm³/mol. The summed E-state index contributed by atoms with van der Waals surface area (Å²) >= 11 is 1.53. The number of carbonyl (C=O) groups excluding carboxylic acids is 1. The first-order chi connectivity index (χ1) is 11.8. The lowest BCUT2D eigenvalue weighted by molar-refractivity contribution is 0.0773. The Morgan fingerprint density at radius 1 is 1.12 bits per heavy atom. The topological polar surface area (TPSA) is 57.7 Å². The van der Waals surface area contributed by atoms with Crippen molar-refractivity contribution < 1.29 is 13.2 Å². The zero-order chi connectivity index (χ0) is 18.6. The van der Waals surface area contributed by atoms with Crippen LogP contribution in [0.15, 0.2) is 46.7 Å². The van der Waals surface area contributed by atoms with Crippen LogP contribution < -0.4 is 0 Å². The van der Waals surface area contributed by atoms with Gasteiger partial charge in [0.2, 0.25) is 10.0 Å². The van der Waals surface area contributed by atoms with Gasteiger partial charge in [0.1, 0.15) is 0 Å². The lowest BCUT2D eigenvalue weighted by Gasteiger charge is -2.24. The summed E-state index contributed by atoms with van der Waals surface area (Å²) < 4.78 is 27.0. The van der Waals surface area contributed by atoms with Gasteiger partial charge in [0.05, 0.1) is 10.9 Å². The van der Waals surface area contributed by atoms with E-state index < -0.39 is 10.0 Å². The number of hydrogen-bond donors (Lipinski definition) is 0. The van der Waals surface area contributed by atoms with Crippen molar-refractivity contribution in [2.24, 2.45) is 0 Å². The SMILES string of the molecule is CCN(CC)C(=O)c1ccc(S(=O)(=O)N(C)C(C)c2cccs2)cc1. The molecular weight excluding hydrogens is 356 g/mol. The van der Waals surface area contributed by atoms with E-state index in [0.717, 1.165) is 4.88 Å². The van der Waals surface area contributed by atoms with Crippen LogP contribution in [0.4, 0.5) is 0 Å². The monoisotopic (exact) mass is 380 g/mol. The van der Waals surface area contributed by atoms with Gasteiger partial charge in [-0.25, -0.2) is 8.42 Å². The maximum atomic E-state index is 12.8. The van der Waals surface area contributed by atoms with E-state index in [2.05, 4.69) is 0 Å². The molecule has 0 N–H and O–H groups in total. The Morgan fingerprint density at radius 3 is 2.20 bits per heavy atom. The second-order valence-corrected chi connectivity index (χ2v) is 8.69. The Kier molecular flexibility index (Phi) is 6.37. The number of hydrogen-bond acceptors (Lipinski definition) is 4. The lowest BCUT2D eigenvalue weighted by Crippen LogP contribution is -2.31. The van der Waals surface area contributed by atoms with Crippen molar-refractivity contribution in [3.05, 3.63) is 52.2 Å². The van der Waals surface area contributed by atoms with Crippen LogP contribution in [-0.4, -0.2) is 43.7 Å². The molecule has 2 rings (SSSR count). The average molecular weight is 381 g/mol. The molecule has 1 aromatic heterocycles. The van der Waals surface area contributed by atoms with Crippen molar-refractivity contribution in [1.82, 2.24) is 9.21 Å². The lowest BCUT2D eigenvalue weighted by atomic mass is 10.2. The van der Waals surface area contributed by atoms with E-state index >= 15 is 0 Å². The predicted octanol–water partition coefficient (Wildman–Crippen LogP) is 3.61. The third kappa shape index (κ3) is 4.11. The zero-order valence-corrected chi connectivity index (χ0v) is 16.6. The molecule has 0 bridgehead atoms. The maximum Gasteiger partial charge on any atom is 0.253 e. The molecule has 25 heavy (non-hydrogen) atoms. The van der Waals surface area contributed by atoms with E-state index in [4.69, 9.17) is 0 Å². The van der Waals surface area contributed by atoms with Crippen molar-refractivity contribution >= 4 is 27.3 Å². The number of nitrogens with zero attached hydrogens (tertiary/aromatic N) is 2. The Labute approximate surface area is 153 Å². The van der Waals surface area contributed by atoms with E-state index in [1.165, 1.54) is 27.8 Å². The molecule has 0 aliphatic heterocycles. The number of sulfonamides is 1. The van der Waals surface area contributed by atoms with Crippen LogP contribution in [0.3, 0.4) is 0 Å². The molecule has 7 heteroatoms. The molecular formula is C18H24N2O3S2. The average Bonchev–Trinajstić information content (AvgIpc) is 3.16. The second kappa shape index (κ2) is 8.12. The zero-order valence-electron chi connectivity index (χ0n) is 15.0. The van der Waals surface area contributed by atoms with Gasteiger partial charge in [-0.15, -0.1) is 11.3 Å². The minimum absolute atomic E-state index is 0.0887. The minimum atomic E-state index is -3.62. The van der Waals surface area contributed by atoms with Crippen LogP contribution in [-0.2, 0) is 10.0 Å². The van der Waals surface area contributed by atoms with Crippen LogP contribution in [0.25, 0.3) is 0 Å². The molecule has 0 fully saturated rings. The molecule has 0 saturated carbocycles. The van der Waals surface area contributed by atoms with E-state index in [-0.39, 0.29) is 16.8 Å². The highest BCUT2D eigenvalue weighted by atomic mass is 32.2. The molecule has 0 aliphatic rings.